The molecule has 102 valence electrons. The second-order valence-electron chi connectivity index (χ2n) is 4.94. The SMILES string of the molecule is CNC(CO)(Cn1nc(C)cc1C)c1ccccc1. The summed E-state index contributed by atoms with van der Waals surface area (Å²) in [4.78, 5) is 0. The summed E-state index contributed by atoms with van der Waals surface area (Å²) in [6.45, 7) is 4.63. The Morgan fingerprint density at radius 2 is 1.95 bits per heavy atom. The second kappa shape index (κ2) is 5.55. The lowest BCUT2D eigenvalue weighted by Gasteiger charge is -2.32. The van der Waals surface area contributed by atoms with E-state index >= 15 is 0 Å². The average molecular weight is 259 g/mol. The first kappa shape index (κ1) is 13.8. The monoisotopic (exact) mass is 259 g/mol. The third-order valence-corrected chi connectivity index (χ3v) is 3.60. The fraction of sp³-hybridized carbons (Fsp3) is 0.400. The zero-order valence-corrected chi connectivity index (χ0v) is 11.7. The number of hydrogen-bond acceptors (Lipinski definition) is 3. The van der Waals surface area contributed by atoms with Gasteiger partial charge in [0.2, 0.25) is 0 Å². The Kier molecular flexibility index (Phi) is 4.02. The number of benzene rings is 1. The highest BCUT2D eigenvalue weighted by Gasteiger charge is 2.31. The number of likely N-dealkylation sites (N-methyl/N-ethyl adjacent to an activating group) is 1. The molecule has 0 fully saturated rings. The maximum absolute atomic E-state index is 9.89. The summed E-state index contributed by atoms with van der Waals surface area (Å²) in [5, 5.41) is 17.6. The largest absolute Gasteiger partial charge is 0.394 e. The van der Waals surface area contributed by atoms with Gasteiger partial charge in [0.05, 0.1) is 24.4 Å². The van der Waals surface area contributed by atoms with E-state index in [1.807, 2.05) is 62.0 Å². The molecule has 0 aliphatic heterocycles. The van der Waals surface area contributed by atoms with Crippen LogP contribution in [0, 0.1) is 13.8 Å². The average Bonchev–Trinajstić information content (AvgIpc) is 2.75. The van der Waals surface area contributed by atoms with Gasteiger partial charge in [-0.2, -0.15) is 5.10 Å². The predicted molar refractivity (Wildman–Crippen MR) is 76.0 cm³/mol. The number of aryl methyl sites for hydroxylation is 2. The molecule has 2 N–H and O–H groups in total. The fourth-order valence-electron chi connectivity index (χ4n) is 2.38. The van der Waals surface area contributed by atoms with Crippen LogP contribution in [0.3, 0.4) is 0 Å². The highest BCUT2D eigenvalue weighted by atomic mass is 16.3. The summed E-state index contributed by atoms with van der Waals surface area (Å²) >= 11 is 0. The van der Waals surface area contributed by atoms with Crippen molar-refractivity contribution in [2.45, 2.75) is 25.9 Å². The Labute approximate surface area is 114 Å². The minimum absolute atomic E-state index is 0.0197. The summed E-state index contributed by atoms with van der Waals surface area (Å²) in [5.41, 5.74) is 2.65. The van der Waals surface area contributed by atoms with Gasteiger partial charge >= 0.3 is 0 Å². The number of aromatic nitrogens is 2. The van der Waals surface area contributed by atoms with Gasteiger partial charge in [-0.3, -0.25) is 4.68 Å². The van der Waals surface area contributed by atoms with E-state index in [2.05, 4.69) is 10.4 Å². The molecule has 4 nitrogen and oxygen atoms in total. The van der Waals surface area contributed by atoms with Crippen molar-refractivity contribution in [2.75, 3.05) is 13.7 Å². The van der Waals surface area contributed by atoms with E-state index in [9.17, 15) is 5.11 Å². The van der Waals surface area contributed by atoms with E-state index in [1.165, 1.54) is 0 Å². The Bertz CT molecular complexity index is 530. The van der Waals surface area contributed by atoms with Gasteiger partial charge in [-0.1, -0.05) is 30.3 Å². The molecule has 1 aromatic heterocycles. The van der Waals surface area contributed by atoms with Crippen molar-refractivity contribution in [2.24, 2.45) is 0 Å². The van der Waals surface area contributed by atoms with Crippen molar-refractivity contribution >= 4 is 0 Å². The van der Waals surface area contributed by atoms with E-state index in [0.717, 1.165) is 17.0 Å². The van der Waals surface area contributed by atoms with Crippen molar-refractivity contribution < 1.29 is 5.11 Å². The molecule has 0 radical (unpaired) electrons. The van der Waals surface area contributed by atoms with Crippen LogP contribution in [0.1, 0.15) is 17.0 Å². The van der Waals surface area contributed by atoms with E-state index in [1.54, 1.807) is 0 Å². The molecule has 1 atom stereocenters. The Balaban J connectivity index is 2.38. The predicted octanol–water partition coefficient (Wildman–Crippen LogP) is 1.61. The molecule has 0 bridgehead atoms. The Morgan fingerprint density at radius 1 is 1.26 bits per heavy atom. The van der Waals surface area contributed by atoms with Crippen molar-refractivity contribution in [1.82, 2.24) is 15.1 Å². The molecule has 2 rings (SSSR count). The normalized spacial score (nSPS) is 14.3. The van der Waals surface area contributed by atoms with Crippen LogP contribution in [0.5, 0.6) is 0 Å². The smallest absolute Gasteiger partial charge is 0.0865 e. The number of rotatable bonds is 5. The van der Waals surface area contributed by atoms with E-state index in [0.29, 0.717) is 6.54 Å². The lowest BCUT2D eigenvalue weighted by atomic mass is 9.90. The summed E-state index contributed by atoms with van der Waals surface area (Å²) in [6, 6.07) is 12.0. The van der Waals surface area contributed by atoms with Crippen molar-refractivity contribution in [3.8, 4) is 0 Å². The van der Waals surface area contributed by atoms with E-state index in [4.69, 9.17) is 0 Å². The fourth-order valence-corrected chi connectivity index (χ4v) is 2.38. The number of aliphatic hydroxyl groups excluding tert-OH is 1. The first-order valence-corrected chi connectivity index (χ1v) is 6.47. The topological polar surface area (TPSA) is 50.1 Å². The van der Waals surface area contributed by atoms with Gasteiger partial charge in [-0.05, 0) is 32.5 Å². The molecule has 1 aromatic carbocycles. The van der Waals surface area contributed by atoms with E-state index in [-0.39, 0.29) is 6.61 Å². The first-order valence-electron chi connectivity index (χ1n) is 6.47. The summed E-state index contributed by atoms with van der Waals surface area (Å²) in [7, 11) is 1.87. The highest BCUT2D eigenvalue weighted by molar-refractivity contribution is 5.25. The molecule has 0 saturated carbocycles. The van der Waals surface area contributed by atoms with Gasteiger partial charge in [0.15, 0.2) is 0 Å². The maximum Gasteiger partial charge on any atom is 0.0865 e. The third-order valence-electron chi connectivity index (χ3n) is 3.60. The molecule has 19 heavy (non-hydrogen) atoms. The van der Waals surface area contributed by atoms with Gasteiger partial charge in [-0.25, -0.2) is 0 Å². The van der Waals surface area contributed by atoms with Gasteiger partial charge in [-0.15, -0.1) is 0 Å². The van der Waals surface area contributed by atoms with Crippen LogP contribution in [0.4, 0.5) is 0 Å². The molecule has 0 amide bonds. The first-order chi connectivity index (χ1) is 9.11. The minimum atomic E-state index is -0.509. The number of aliphatic hydroxyl groups is 1. The molecule has 1 unspecified atom stereocenters. The van der Waals surface area contributed by atoms with Crippen LogP contribution in [0.2, 0.25) is 0 Å². The quantitative estimate of drug-likeness (QED) is 0.857. The van der Waals surface area contributed by atoms with Gasteiger partial charge in [0, 0.05) is 5.69 Å². The van der Waals surface area contributed by atoms with E-state index < -0.39 is 5.54 Å². The van der Waals surface area contributed by atoms with Crippen molar-refractivity contribution in [1.29, 1.82) is 0 Å². The van der Waals surface area contributed by atoms with Gasteiger partial charge < -0.3 is 10.4 Å². The van der Waals surface area contributed by atoms with Crippen molar-refractivity contribution in [3.05, 3.63) is 53.3 Å². The maximum atomic E-state index is 9.89. The molecule has 0 saturated heterocycles. The van der Waals surface area contributed by atoms with Gasteiger partial charge in [0.25, 0.3) is 0 Å². The number of nitrogens with zero attached hydrogens (tertiary/aromatic N) is 2. The van der Waals surface area contributed by atoms with Crippen LogP contribution in [-0.2, 0) is 12.1 Å². The number of hydrogen-bond donors (Lipinski definition) is 2. The van der Waals surface area contributed by atoms with Crippen LogP contribution < -0.4 is 5.32 Å². The number of nitrogens with one attached hydrogen (secondary N) is 1. The highest BCUT2D eigenvalue weighted by Crippen LogP contribution is 2.23. The molecular formula is C15H21N3O. The molecule has 1 heterocycles. The lowest BCUT2D eigenvalue weighted by molar-refractivity contribution is 0.145. The second-order valence-corrected chi connectivity index (χ2v) is 4.94. The summed E-state index contributed by atoms with van der Waals surface area (Å²) < 4.78 is 1.94. The molecule has 4 heteroatoms. The minimum Gasteiger partial charge on any atom is -0.394 e. The molecular weight excluding hydrogens is 238 g/mol. The van der Waals surface area contributed by atoms with Crippen LogP contribution in [-0.4, -0.2) is 28.5 Å². The van der Waals surface area contributed by atoms with Crippen molar-refractivity contribution in [3.63, 3.8) is 0 Å². The van der Waals surface area contributed by atoms with Crippen LogP contribution in [0.15, 0.2) is 36.4 Å². The van der Waals surface area contributed by atoms with Crippen LogP contribution in [0.25, 0.3) is 0 Å². The standard InChI is InChI=1S/C15H21N3O/c1-12-9-13(2)18(17-12)10-15(11-19,16-3)14-7-5-4-6-8-14/h4-9,16,19H,10-11H2,1-3H3. The molecule has 0 spiro atoms. The van der Waals surface area contributed by atoms with Crippen LogP contribution >= 0.6 is 0 Å². The zero-order chi connectivity index (χ0) is 13.9. The Morgan fingerprint density at radius 3 is 2.42 bits per heavy atom. The summed E-state index contributed by atoms with van der Waals surface area (Å²) in [6.07, 6.45) is 0. The lowest BCUT2D eigenvalue weighted by Crippen LogP contribution is -2.47. The zero-order valence-electron chi connectivity index (χ0n) is 11.7. The molecule has 0 aliphatic rings. The molecule has 2 aromatic rings. The molecule has 0 aliphatic carbocycles. The third kappa shape index (κ3) is 2.69. The summed E-state index contributed by atoms with van der Waals surface area (Å²) in [5.74, 6) is 0. The van der Waals surface area contributed by atoms with Gasteiger partial charge in [0.1, 0.15) is 0 Å². The Hall–Kier alpha value is -1.65.